The molecule has 248 valence electrons. The van der Waals surface area contributed by atoms with Gasteiger partial charge in [0.2, 0.25) is 17.7 Å². The third-order valence-electron chi connectivity index (χ3n) is 9.17. The average Bonchev–Trinajstić information content (AvgIpc) is 3.76. The van der Waals surface area contributed by atoms with E-state index in [-0.39, 0.29) is 43.5 Å². The van der Waals surface area contributed by atoms with Gasteiger partial charge in [-0.25, -0.2) is 4.68 Å². The molecule has 1 aromatic heterocycles. The quantitative estimate of drug-likeness (QED) is 0.161. The number of nitrogens with zero attached hydrogens (tertiary/aromatic N) is 5. The van der Waals surface area contributed by atoms with Crippen LogP contribution in [0.25, 0.3) is 11.0 Å². The second kappa shape index (κ2) is 14.0. The summed E-state index contributed by atoms with van der Waals surface area (Å²) in [5.41, 5.74) is 0.0579. The molecule has 0 radical (unpaired) electrons. The van der Waals surface area contributed by atoms with Crippen LogP contribution < -0.4 is 5.32 Å². The van der Waals surface area contributed by atoms with Gasteiger partial charge in [-0.1, -0.05) is 52.4 Å². The van der Waals surface area contributed by atoms with Crippen molar-refractivity contribution in [3.63, 3.8) is 0 Å². The van der Waals surface area contributed by atoms with Crippen molar-refractivity contribution in [3.05, 3.63) is 49.6 Å². The summed E-state index contributed by atoms with van der Waals surface area (Å²) in [5, 5.41) is 21.6. The van der Waals surface area contributed by atoms with Crippen molar-refractivity contribution < 1.29 is 33.8 Å². The van der Waals surface area contributed by atoms with Gasteiger partial charge in [-0.05, 0) is 38.3 Å². The Morgan fingerprint density at radius 3 is 2.76 bits per heavy atom. The van der Waals surface area contributed by atoms with Crippen LogP contribution in [0.1, 0.15) is 39.5 Å². The van der Waals surface area contributed by atoms with E-state index in [0.29, 0.717) is 24.8 Å². The smallest absolute Gasteiger partial charge is 0.312 e. The summed E-state index contributed by atoms with van der Waals surface area (Å²) < 4.78 is 14.0. The van der Waals surface area contributed by atoms with Crippen molar-refractivity contribution >= 4 is 50.7 Å². The van der Waals surface area contributed by atoms with Crippen LogP contribution in [0.15, 0.2) is 49.6 Å². The minimum Gasteiger partial charge on any atom is -0.460 e. The van der Waals surface area contributed by atoms with Crippen molar-refractivity contribution in [2.75, 3.05) is 19.7 Å². The zero-order chi connectivity index (χ0) is 33.2. The number of amides is 3. The standard InChI is InChI=1S/C32H41BrN6O7/c1-5-8-13-24(41)34-16-19(4)45-31(44)25-26-29(42)39(20(7-3)17-40)28(32(26)15-21(33)27(25)46-32)30(43)37(14-6-2)18-38-23-12-10-9-11-22(23)35-36-38/h5-6,9-12,19-21,25-28,40H,1-2,7-8,13-18H2,3-4H3,(H,34,41)/t19-,20+,21?,25-,26+,27-,28-,32+/m1/s1. The molecule has 3 fully saturated rings. The number of carbonyl (C=O) groups excluding carboxylic acids is 4. The molecule has 3 saturated heterocycles. The van der Waals surface area contributed by atoms with Gasteiger partial charge in [0.25, 0.3) is 0 Å². The van der Waals surface area contributed by atoms with Crippen molar-refractivity contribution in [2.24, 2.45) is 11.8 Å². The molecule has 2 N–H and O–H groups in total. The number of carbonyl (C=O) groups is 4. The number of fused-ring (bicyclic) bond motifs is 2. The Balaban J connectivity index is 1.44. The molecule has 2 bridgehead atoms. The highest BCUT2D eigenvalue weighted by atomic mass is 79.9. The summed E-state index contributed by atoms with van der Waals surface area (Å²) in [6, 6.07) is 5.57. The minimum atomic E-state index is -1.34. The van der Waals surface area contributed by atoms with Crippen molar-refractivity contribution in [3.8, 4) is 0 Å². The minimum absolute atomic E-state index is 0.0310. The van der Waals surface area contributed by atoms with E-state index in [1.165, 1.54) is 9.80 Å². The first-order valence-corrected chi connectivity index (χ1v) is 16.5. The van der Waals surface area contributed by atoms with E-state index in [1.807, 2.05) is 31.2 Å². The number of esters is 1. The highest BCUT2D eigenvalue weighted by Crippen LogP contribution is 2.60. The predicted molar refractivity (Wildman–Crippen MR) is 171 cm³/mol. The lowest BCUT2D eigenvalue weighted by Crippen LogP contribution is -2.59. The van der Waals surface area contributed by atoms with Crippen LogP contribution in [-0.2, 0) is 35.3 Å². The van der Waals surface area contributed by atoms with Gasteiger partial charge in [-0.2, -0.15) is 0 Å². The van der Waals surface area contributed by atoms with E-state index in [0.717, 1.165) is 5.52 Å². The molecule has 2 aromatic rings. The summed E-state index contributed by atoms with van der Waals surface area (Å²) >= 11 is 3.67. The topological polar surface area (TPSA) is 156 Å². The fraction of sp³-hybridized carbons (Fsp3) is 0.562. The van der Waals surface area contributed by atoms with Crippen LogP contribution in [0.3, 0.4) is 0 Å². The Labute approximate surface area is 276 Å². The summed E-state index contributed by atoms with van der Waals surface area (Å²) in [6.07, 6.45) is 3.34. The maximum absolute atomic E-state index is 14.7. The second-order valence-electron chi connectivity index (χ2n) is 12.1. The molecule has 8 atom stereocenters. The number of rotatable bonds is 15. The summed E-state index contributed by atoms with van der Waals surface area (Å²) in [6.45, 7) is 10.8. The Bertz CT molecular complexity index is 1500. The van der Waals surface area contributed by atoms with Gasteiger partial charge in [0.1, 0.15) is 29.9 Å². The Morgan fingerprint density at radius 2 is 2.07 bits per heavy atom. The number of allylic oxidation sites excluding steroid dienone is 1. The SMILES string of the molecule is C=CCCC(=O)NC[C@@H](C)OC(=O)[C@H]1[C@@H]2O[C@@]3(CC2Br)[C@@H]1C(=O)N([C@@H](CC)CO)[C@@H]3C(=O)N(CC=C)Cn1nnc2ccccc21. The number of halogens is 1. The first-order chi connectivity index (χ1) is 22.1. The number of nitrogens with one attached hydrogen (secondary N) is 1. The molecule has 0 aliphatic carbocycles. The zero-order valence-corrected chi connectivity index (χ0v) is 27.7. The van der Waals surface area contributed by atoms with Crippen LogP contribution in [0.4, 0.5) is 0 Å². The van der Waals surface area contributed by atoms with Crippen molar-refractivity contribution in [1.29, 1.82) is 0 Å². The summed E-state index contributed by atoms with van der Waals surface area (Å²) in [7, 11) is 0. The predicted octanol–water partition coefficient (Wildman–Crippen LogP) is 1.94. The number of aromatic nitrogens is 3. The lowest BCUT2D eigenvalue weighted by molar-refractivity contribution is -0.160. The van der Waals surface area contributed by atoms with Gasteiger partial charge in [0.05, 0.1) is 42.6 Å². The number of aliphatic hydroxyl groups excluding tert-OH is 1. The maximum Gasteiger partial charge on any atom is 0.312 e. The van der Waals surface area contributed by atoms with Gasteiger partial charge in [-0.3, -0.25) is 19.2 Å². The maximum atomic E-state index is 14.7. The molecule has 14 heteroatoms. The molecule has 3 amide bonds. The van der Waals surface area contributed by atoms with Gasteiger partial charge < -0.3 is 29.7 Å². The molecule has 4 heterocycles. The molecule has 5 rings (SSSR count). The van der Waals surface area contributed by atoms with E-state index in [1.54, 1.807) is 23.8 Å². The van der Waals surface area contributed by atoms with Crippen molar-refractivity contribution in [1.82, 2.24) is 30.1 Å². The molecule has 3 aliphatic rings. The molecular formula is C32H41BrN6O7. The molecule has 0 saturated carbocycles. The lowest BCUT2D eigenvalue weighted by atomic mass is 9.70. The van der Waals surface area contributed by atoms with E-state index >= 15 is 0 Å². The number of hydrogen-bond donors (Lipinski definition) is 2. The first-order valence-electron chi connectivity index (χ1n) is 15.6. The number of para-hydroxylation sites is 1. The normalized spacial score (nSPS) is 27.7. The van der Waals surface area contributed by atoms with Gasteiger partial charge in [-0.15, -0.1) is 18.3 Å². The van der Waals surface area contributed by atoms with Crippen LogP contribution in [0.2, 0.25) is 0 Å². The molecule has 3 aliphatic heterocycles. The highest BCUT2D eigenvalue weighted by Gasteiger charge is 2.77. The Morgan fingerprint density at radius 1 is 1.30 bits per heavy atom. The number of benzene rings is 1. The average molecular weight is 702 g/mol. The van der Waals surface area contributed by atoms with E-state index in [4.69, 9.17) is 9.47 Å². The Kier molecular flexibility index (Phi) is 10.3. The molecular weight excluding hydrogens is 660 g/mol. The fourth-order valence-electron chi connectivity index (χ4n) is 7.05. The second-order valence-corrected chi connectivity index (χ2v) is 13.3. The zero-order valence-electron chi connectivity index (χ0n) is 26.1. The monoisotopic (exact) mass is 700 g/mol. The van der Waals surface area contributed by atoms with Gasteiger partial charge in [0, 0.05) is 17.8 Å². The first kappa shape index (κ1) is 33.7. The Hall–Kier alpha value is -3.62. The highest BCUT2D eigenvalue weighted by molar-refractivity contribution is 9.09. The van der Waals surface area contributed by atoms with E-state index in [2.05, 4.69) is 44.7 Å². The number of likely N-dealkylation sites (tertiary alicyclic amines) is 1. The van der Waals surface area contributed by atoms with E-state index < -0.39 is 59.5 Å². The summed E-state index contributed by atoms with van der Waals surface area (Å²) in [5.74, 6) is -3.66. The number of aliphatic hydroxyl groups is 1. The van der Waals surface area contributed by atoms with Gasteiger partial charge >= 0.3 is 5.97 Å². The van der Waals surface area contributed by atoms with Crippen LogP contribution in [-0.4, -0.2) is 108 Å². The number of hydrogen-bond acceptors (Lipinski definition) is 9. The molecule has 1 unspecified atom stereocenters. The molecule has 13 nitrogen and oxygen atoms in total. The molecule has 1 spiro atoms. The third-order valence-corrected chi connectivity index (χ3v) is 10.0. The summed E-state index contributed by atoms with van der Waals surface area (Å²) in [4.78, 5) is 57.5. The van der Waals surface area contributed by atoms with Crippen molar-refractivity contribution in [2.45, 2.75) is 80.9 Å². The van der Waals surface area contributed by atoms with Crippen LogP contribution in [0, 0.1) is 11.8 Å². The largest absolute Gasteiger partial charge is 0.460 e. The number of alkyl halides is 1. The fourth-order valence-corrected chi connectivity index (χ4v) is 7.99. The van der Waals surface area contributed by atoms with Crippen LogP contribution in [0.5, 0.6) is 0 Å². The van der Waals surface area contributed by atoms with Crippen LogP contribution >= 0.6 is 15.9 Å². The molecule has 1 aromatic carbocycles. The third kappa shape index (κ3) is 5.97. The lowest BCUT2D eigenvalue weighted by Gasteiger charge is -2.39. The number of ether oxygens (including phenoxy) is 2. The van der Waals surface area contributed by atoms with E-state index in [9.17, 15) is 24.3 Å². The van der Waals surface area contributed by atoms with Gasteiger partial charge in [0.15, 0.2) is 0 Å². The molecule has 46 heavy (non-hydrogen) atoms.